The van der Waals surface area contributed by atoms with Crippen LogP contribution in [-0.2, 0) is 33.2 Å². The highest BCUT2D eigenvalue weighted by Gasteiger charge is 2.53. The minimum atomic E-state index is -1.98. The Morgan fingerprint density at radius 1 is 0.379 bits per heavy atom. The van der Waals surface area contributed by atoms with Crippen molar-refractivity contribution in [3.05, 3.63) is 36.5 Å². The Morgan fingerprint density at radius 3 is 1.07 bits per heavy atom. The van der Waals surface area contributed by atoms with Gasteiger partial charge in [-0.3, -0.25) is 4.79 Å². The summed E-state index contributed by atoms with van der Waals surface area (Å²) >= 11 is 0. The molecule has 0 saturated carbocycles. The molecule has 19 nitrogen and oxygen atoms in total. The summed E-state index contributed by atoms with van der Waals surface area (Å²) in [5, 5.41) is 121. The summed E-state index contributed by atoms with van der Waals surface area (Å²) in [6.07, 6.45) is 43.0. The molecule has 3 saturated heterocycles. The maximum atomic E-state index is 13.4. The first-order valence-electron chi connectivity index (χ1n) is 38.7. The molecule has 3 aliphatic rings. The van der Waals surface area contributed by atoms with Crippen molar-refractivity contribution in [2.75, 3.05) is 26.4 Å². The van der Waals surface area contributed by atoms with Crippen LogP contribution in [-0.4, -0.2) is 193 Å². The van der Waals surface area contributed by atoms with Crippen molar-refractivity contribution in [1.29, 1.82) is 0 Å². The normalized spacial score (nSPS) is 27.4. The van der Waals surface area contributed by atoms with Crippen LogP contribution in [0.2, 0.25) is 0 Å². The highest BCUT2D eigenvalue weighted by Crippen LogP contribution is 2.33. The van der Waals surface area contributed by atoms with Crippen molar-refractivity contribution in [3.63, 3.8) is 0 Å². The summed E-state index contributed by atoms with van der Waals surface area (Å²) in [6.45, 7) is 1.74. The molecule has 95 heavy (non-hydrogen) atoms. The van der Waals surface area contributed by atoms with Crippen LogP contribution in [0.25, 0.3) is 0 Å². The van der Waals surface area contributed by atoms with Gasteiger partial charge in [-0.15, -0.1) is 0 Å². The van der Waals surface area contributed by atoms with Crippen LogP contribution in [0.3, 0.4) is 0 Å². The van der Waals surface area contributed by atoms with Gasteiger partial charge in [0.1, 0.15) is 73.2 Å². The van der Waals surface area contributed by atoms with E-state index in [0.29, 0.717) is 6.42 Å². The Bertz CT molecular complexity index is 1860. The van der Waals surface area contributed by atoms with E-state index in [1.807, 2.05) is 6.08 Å². The molecule has 0 spiro atoms. The number of ether oxygens (including phenoxy) is 6. The fourth-order valence-electron chi connectivity index (χ4n) is 13.2. The van der Waals surface area contributed by atoms with Crippen LogP contribution >= 0.6 is 0 Å². The first kappa shape index (κ1) is 87.2. The SMILES string of the molecule is CCCCCCC/C=C\C/C=C\CCCCCCCCCCCCCCCCCCCCCCCCCCCC(=O)NC(COC1OC(CO)C(OC2OC(CO)C(OC3OC(CO)C(O)C(O)C3O)C(O)C2O)C(O)C1O)C(O)/C=C/CCCCCCCCCCCCC. The second kappa shape index (κ2) is 57.6. The molecule has 0 bridgehead atoms. The number of allylic oxidation sites excluding steroid dienone is 5. The molecule has 0 aromatic carbocycles. The molecule has 0 aromatic heterocycles. The van der Waals surface area contributed by atoms with Crippen LogP contribution in [0.5, 0.6) is 0 Å². The summed E-state index contributed by atoms with van der Waals surface area (Å²) < 4.78 is 34.4. The van der Waals surface area contributed by atoms with Gasteiger partial charge in [-0.1, -0.05) is 288 Å². The standard InChI is InChI=1S/C76H141NO18/c1-3-5-7-9-11-13-15-17-18-19-20-21-22-23-24-25-26-27-28-29-30-31-32-33-34-35-36-37-38-39-40-42-44-46-48-50-52-54-64(82)77-59(60(81)53-51-49-47-45-43-41-16-14-12-10-8-6-4-2)58-90-74-70(88)67(85)72(62(56-79)92-74)95-76-71(89)68(86)73(63(57-80)93-76)94-75-69(87)66(84)65(83)61(55-78)91-75/h15,17,19-20,51,53,59-63,65-76,78-81,83-89H,3-14,16,18,21-50,52,54-58H2,1-2H3,(H,77,82)/b17-15-,20-19-,53-51+. The molecular formula is C76H141NO18. The first-order chi connectivity index (χ1) is 46.3. The molecule has 17 unspecified atom stereocenters. The van der Waals surface area contributed by atoms with E-state index in [2.05, 4.69) is 43.5 Å². The van der Waals surface area contributed by atoms with Gasteiger partial charge in [0, 0.05) is 6.42 Å². The first-order valence-corrected chi connectivity index (χ1v) is 38.7. The average Bonchev–Trinajstić information content (AvgIpc) is 0.791. The number of rotatable bonds is 61. The molecule has 0 aromatic rings. The van der Waals surface area contributed by atoms with Gasteiger partial charge in [0.15, 0.2) is 18.9 Å². The second-order valence-corrected chi connectivity index (χ2v) is 27.8. The topological polar surface area (TPSA) is 307 Å². The number of amides is 1. The summed E-state index contributed by atoms with van der Waals surface area (Å²) in [5.74, 6) is -0.271. The van der Waals surface area contributed by atoms with E-state index < -0.39 is 124 Å². The third-order valence-electron chi connectivity index (χ3n) is 19.4. The zero-order valence-corrected chi connectivity index (χ0v) is 59.4. The zero-order valence-electron chi connectivity index (χ0n) is 59.4. The van der Waals surface area contributed by atoms with Crippen molar-refractivity contribution in [2.45, 2.75) is 413 Å². The minimum Gasteiger partial charge on any atom is -0.394 e. The molecule has 3 heterocycles. The van der Waals surface area contributed by atoms with Crippen LogP contribution in [0.1, 0.15) is 309 Å². The Balaban J connectivity index is 1.30. The molecule has 558 valence electrons. The molecular weight excluding hydrogens is 1210 g/mol. The minimum absolute atomic E-state index is 0.248. The lowest BCUT2D eigenvalue weighted by molar-refractivity contribution is -0.379. The number of carbonyl (C=O) groups excluding carboxylic acids is 1. The monoisotopic (exact) mass is 1360 g/mol. The van der Waals surface area contributed by atoms with E-state index in [0.717, 1.165) is 51.4 Å². The number of unbranched alkanes of at least 4 members (excludes halogenated alkanes) is 41. The van der Waals surface area contributed by atoms with Gasteiger partial charge in [0.2, 0.25) is 5.91 Å². The van der Waals surface area contributed by atoms with Gasteiger partial charge in [-0.25, -0.2) is 0 Å². The number of carbonyl (C=O) groups is 1. The lowest BCUT2D eigenvalue weighted by Gasteiger charge is -2.48. The van der Waals surface area contributed by atoms with Crippen LogP contribution < -0.4 is 5.32 Å². The number of aliphatic hydroxyl groups is 11. The van der Waals surface area contributed by atoms with Crippen molar-refractivity contribution in [1.82, 2.24) is 5.32 Å². The lowest BCUT2D eigenvalue weighted by atomic mass is 9.96. The van der Waals surface area contributed by atoms with Gasteiger partial charge < -0.3 is 89.9 Å². The summed E-state index contributed by atoms with van der Waals surface area (Å²) in [4.78, 5) is 13.4. The third-order valence-corrected chi connectivity index (χ3v) is 19.4. The van der Waals surface area contributed by atoms with Crippen molar-refractivity contribution < 1.29 is 89.4 Å². The Morgan fingerprint density at radius 2 is 0.695 bits per heavy atom. The van der Waals surface area contributed by atoms with E-state index in [1.54, 1.807) is 6.08 Å². The van der Waals surface area contributed by atoms with E-state index in [1.165, 1.54) is 231 Å². The molecule has 1 amide bonds. The van der Waals surface area contributed by atoms with Gasteiger partial charge in [0.05, 0.1) is 38.6 Å². The van der Waals surface area contributed by atoms with Crippen LogP contribution in [0.15, 0.2) is 36.5 Å². The van der Waals surface area contributed by atoms with Crippen LogP contribution in [0.4, 0.5) is 0 Å². The Kier molecular flexibility index (Phi) is 52.9. The van der Waals surface area contributed by atoms with Crippen molar-refractivity contribution >= 4 is 5.91 Å². The fraction of sp³-hybridized carbons (Fsp3) is 0.908. The maximum Gasteiger partial charge on any atom is 0.220 e. The van der Waals surface area contributed by atoms with E-state index >= 15 is 0 Å². The number of hydrogen-bond donors (Lipinski definition) is 12. The predicted octanol–water partition coefficient (Wildman–Crippen LogP) is 11.9. The van der Waals surface area contributed by atoms with Crippen LogP contribution in [0, 0.1) is 0 Å². The molecule has 0 aliphatic carbocycles. The average molecular weight is 1360 g/mol. The third kappa shape index (κ3) is 38.6. The van der Waals surface area contributed by atoms with E-state index in [-0.39, 0.29) is 18.9 Å². The zero-order chi connectivity index (χ0) is 68.9. The van der Waals surface area contributed by atoms with Gasteiger partial charge in [0.25, 0.3) is 0 Å². The molecule has 3 rings (SSSR count). The Labute approximate surface area is 574 Å². The van der Waals surface area contributed by atoms with Crippen molar-refractivity contribution in [2.24, 2.45) is 0 Å². The van der Waals surface area contributed by atoms with Gasteiger partial charge in [-0.05, 0) is 51.4 Å². The molecule has 12 N–H and O–H groups in total. The number of hydrogen-bond acceptors (Lipinski definition) is 18. The molecule has 19 heteroatoms. The summed E-state index contributed by atoms with van der Waals surface area (Å²) in [6, 6.07) is -0.970. The highest BCUT2D eigenvalue weighted by atomic mass is 16.8. The predicted molar refractivity (Wildman–Crippen MR) is 374 cm³/mol. The maximum absolute atomic E-state index is 13.4. The summed E-state index contributed by atoms with van der Waals surface area (Å²) in [5.41, 5.74) is 0. The second-order valence-electron chi connectivity index (χ2n) is 27.8. The largest absolute Gasteiger partial charge is 0.394 e. The lowest BCUT2D eigenvalue weighted by Crippen LogP contribution is -2.66. The molecule has 17 atom stereocenters. The summed E-state index contributed by atoms with van der Waals surface area (Å²) in [7, 11) is 0. The van der Waals surface area contributed by atoms with E-state index in [4.69, 9.17) is 28.4 Å². The number of nitrogens with one attached hydrogen (secondary N) is 1. The van der Waals surface area contributed by atoms with E-state index in [9.17, 15) is 61.0 Å². The molecule has 0 radical (unpaired) electrons. The molecule has 3 aliphatic heterocycles. The molecule has 3 fully saturated rings. The smallest absolute Gasteiger partial charge is 0.220 e. The van der Waals surface area contributed by atoms with Gasteiger partial charge in [-0.2, -0.15) is 0 Å². The Hall–Kier alpha value is -1.99. The quantitative estimate of drug-likeness (QED) is 0.0199. The van der Waals surface area contributed by atoms with Crippen molar-refractivity contribution in [3.8, 4) is 0 Å². The fourth-order valence-corrected chi connectivity index (χ4v) is 13.2. The highest BCUT2D eigenvalue weighted by molar-refractivity contribution is 5.76. The number of aliphatic hydroxyl groups excluding tert-OH is 11. The van der Waals surface area contributed by atoms with Gasteiger partial charge >= 0.3 is 0 Å².